The summed E-state index contributed by atoms with van der Waals surface area (Å²) >= 11 is 1.86. The molecule has 0 saturated carbocycles. The van der Waals surface area contributed by atoms with Crippen LogP contribution in [-0.4, -0.2) is 73.6 Å². The van der Waals surface area contributed by atoms with Crippen molar-refractivity contribution < 1.29 is 37.3 Å². The predicted molar refractivity (Wildman–Crippen MR) is 104 cm³/mol. The number of rotatable bonds is 6. The Labute approximate surface area is 177 Å². The van der Waals surface area contributed by atoms with Gasteiger partial charge in [0.2, 0.25) is 5.91 Å². The zero-order valence-corrected chi connectivity index (χ0v) is 17.7. The number of fused-ring (bicyclic) bond motifs is 1. The van der Waals surface area contributed by atoms with E-state index in [1.165, 1.54) is 9.75 Å². The molecule has 3 rings (SSSR count). The Morgan fingerprint density at radius 1 is 1.40 bits per heavy atom. The number of hydrogen-bond donors (Lipinski definition) is 2. The van der Waals surface area contributed by atoms with Crippen molar-refractivity contribution in [3.05, 3.63) is 21.9 Å². The van der Waals surface area contributed by atoms with E-state index < -0.39 is 12.1 Å². The van der Waals surface area contributed by atoms with Gasteiger partial charge in [-0.25, -0.2) is 4.79 Å². The first-order valence-electron chi connectivity index (χ1n) is 9.60. The summed E-state index contributed by atoms with van der Waals surface area (Å²) in [5.74, 6) is -2.22. The van der Waals surface area contributed by atoms with E-state index in [9.17, 15) is 18.0 Å². The number of halogens is 3. The zero-order chi connectivity index (χ0) is 22.3. The van der Waals surface area contributed by atoms with Crippen LogP contribution < -0.4 is 5.32 Å². The molecule has 0 aliphatic carbocycles. The second kappa shape index (κ2) is 11.1. The van der Waals surface area contributed by atoms with Gasteiger partial charge in [-0.1, -0.05) is 0 Å². The minimum atomic E-state index is -5.08. The summed E-state index contributed by atoms with van der Waals surface area (Å²) in [5, 5.41) is 10.0. The molecule has 1 aromatic heterocycles. The SMILES string of the molecule is COCCNC(=O)[C@H]1C[C@@H]2CCN(Cc3ccc(C)s3)C[C@H]2O1.O=C(O)C(F)(F)F. The number of thiophene rings is 1. The molecule has 0 bridgehead atoms. The van der Waals surface area contributed by atoms with Crippen LogP contribution in [-0.2, 0) is 25.6 Å². The number of likely N-dealkylation sites (tertiary alicyclic amines) is 1. The molecule has 1 amide bonds. The molecular formula is C19H27F3N2O5S. The Balaban J connectivity index is 0.000000396. The van der Waals surface area contributed by atoms with Crippen molar-refractivity contribution in [2.24, 2.45) is 5.92 Å². The molecule has 2 saturated heterocycles. The van der Waals surface area contributed by atoms with E-state index >= 15 is 0 Å². The van der Waals surface area contributed by atoms with Gasteiger partial charge in [0, 0.05) is 36.5 Å². The van der Waals surface area contributed by atoms with E-state index in [1.54, 1.807) is 7.11 Å². The van der Waals surface area contributed by atoms with Crippen molar-refractivity contribution in [1.29, 1.82) is 0 Å². The summed E-state index contributed by atoms with van der Waals surface area (Å²) in [6, 6.07) is 4.40. The van der Waals surface area contributed by atoms with Crippen molar-refractivity contribution in [3.8, 4) is 0 Å². The number of ether oxygens (including phenoxy) is 2. The van der Waals surface area contributed by atoms with Crippen LogP contribution in [0.4, 0.5) is 13.2 Å². The molecule has 2 fully saturated rings. The molecule has 0 unspecified atom stereocenters. The fourth-order valence-electron chi connectivity index (χ4n) is 3.49. The highest BCUT2D eigenvalue weighted by molar-refractivity contribution is 7.11. The smallest absolute Gasteiger partial charge is 0.475 e. The second-order valence-electron chi connectivity index (χ2n) is 7.28. The lowest BCUT2D eigenvalue weighted by molar-refractivity contribution is -0.192. The van der Waals surface area contributed by atoms with E-state index in [0.29, 0.717) is 19.1 Å². The molecular weight excluding hydrogens is 425 g/mol. The number of nitrogens with one attached hydrogen (secondary N) is 1. The Kier molecular flexibility index (Phi) is 9.08. The summed E-state index contributed by atoms with van der Waals surface area (Å²) in [6.07, 6.45) is -3.19. The Morgan fingerprint density at radius 3 is 2.67 bits per heavy atom. The summed E-state index contributed by atoms with van der Waals surface area (Å²) < 4.78 is 42.7. The first-order chi connectivity index (χ1) is 14.1. The molecule has 170 valence electrons. The normalized spacial score (nSPS) is 24.0. The lowest BCUT2D eigenvalue weighted by Gasteiger charge is -2.33. The third-order valence-corrected chi connectivity index (χ3v) is 5.94. The molecule has 0 spiro atoms. The zero-order valence-electron chi connectivity index (χ0n) is 16.9. The van der Waals surface area contributed by atoms with Crippen LogP contribution in [0.1, 0.15) is 22.6 Å². The van der Waals surface area contributed by atoms with Gasteiger partial charge >= 0.3 is 12.1 Å². The van der Waals surface area contributed by atoms with Crippen molar-refractivity contribution in [2.75, 3.05) is 33.4 Å². The number of amides is 1. The number of carboxylic acid groups (broad SMARTS) is 1. The van der Waals surface area contributed by atoms with Crippen LogP contribution in [0.5, 0.6) is 0 Å². The van der Waals surface area contributed by atoms with Gasteiger partial charge in [0.05, 0.1) is 12.7 Å². The number of carbonyl (C=O) groups excluding carboxylic acids is 1. The molecule has 11 heteroatoms. The summed E-state index contributed by atoms with van der Waals surface area (Å²) in [5.41, 5.74) is 0. The maximum Gasteiger partial charge on any atom is 0.490 e. The Morgan fingerprint density at radius 2 is 2.10 bits per heavy atom. The highest BCUT2D eigenvalue weighted by Gasteiger charge is 2.41. The monoisotopic (exact) mass is 452 g/mol. The van der Waals surface area contributed by atoms with Crippen LogP contribution in [0.25, 0.3) is 0 Å². The first-order valence-corrected chi connectivity index (χ1v) is 10.4. The molecule has 0 radical (unpaired) electrons. The van der Waals surface area contributed by atoms with Crippen molar-refractivity contribution in [2.45, 2.75) is 44.7 Å². The fourth-order valence-corrected chi connectivity index (χ4v) is 4.42. The molecule has 3 heterocycles. The molecule has 2 aliphatic heterocycles. The maximum atomic E-state index is 12.1. The summed E-state index contributed by atoms with van der Waals surface area (Å²) in [6.45, 7) is 6.26. The first kappa shape index (κ1) is 24.6. The van der Waals surface area contributed by atoms with E-state index in [4.69, 9.17) is 19.4 Å². The number of aryl methyl sites for hydroxylation is 1. The van der Waals surface area contributed by atoms with Crippen molar-refractivity contribution in [1.82, 2.24) is 10.2 Å². The molecule has 0 aromatic carbocycles. The number of methoxy groups -OCH3 is 1. The second-order valence-corrected chi connectivity index (χ2v) is 8.65. The Bertz CT molecular complexity index is 713. The largest absolute Gasteiger partial charge is 0.490 e. The van der Waals surface area contributed by atoms with E-state index in [2.05, 4.69) is 29.3 Å². The standard InChI is InChI=1S/C17H26N2O3S.C2HF3O2/c1-12-3-4-14(23-12)10-19-7-5-13-9-15(22-16(13)11-19)17(20)18-6-8-21-2;3-2(4,5)1(6)7/h3-4,13,15-16H,5-11H2,1-2H3,(H,18,20);(H,6,7)/t13-,15+,16+;/m0./s1. The third-order valence-electron chi connectivity index (χ3n) is 4.95. The van der Waals surface area contributed by atoms with Crippen LogP contribution in [0.15, 0.2) is 12.1 Å². The number of carbonyl (C=O) groups is 2. The number of aliphatic carboxylic acids is 1. The lowest BCUT2D eigenvalue weighted by Crippen LogP contribution is -2.42. The van der Waals surface area contributed by atoms with Gasteiger partial charge in [-0.15, -0.1) is 11.3 Å². The van der Waals surface area contributed by atoms with Gasteiger partial charge in [0.1, 0.15) is 6.10 Å². The highest BCUT2D eigenvalue weighted by Crippen LogP contribution is 2.34. The lowest BCUT2D eigenvalue weighted by atomic mass is 9.91. The van der Waals surface area contributed by atoms with Gasteiger partial charge in [-0.2, -0.15) is 13.2 Å². The van der Waals surface area contributed by atoms with Crippen LogP contribution >= 0.6 is 11.3 Å². The van der Waals surface area contributed by atoms with Gasteiger partial charge in [-0.3, -0.25) is 9.69 Å². The van der Waals surface area contributed by atoms with Gasteiger partial charge < -0.3 is 19.9 Å². The van der Waals surface area contributed by atoms with Gasteiger partial charge in [0.15, 0.2) is 0 Å². The Hall–Kier alpha value is -1.69. The molecule has 2 N–H and O–H groups in total. The maximum absolute atomic E-state index is 12.1. The molecule has 2 aliphatic rings. The summed E-state index contributed by atoms with van der Waals surface area (Å²) in [7, 11) is 1.64. The van der Waals surface area contributed by atoms with Crippen molar-refractivity contribution in [3.63, 3.8) is 0 Å². The molecule has 7 nitrogen and oxygen atoms in total. The molecule has 3 atom stereocenters. The fraction of sp³-hybridized carbons (Fsp3) is 0.684. The highest BCUT2D eigenvalue weighted by atomic mass is 32.1. The number of piperidine rings is 1. The van der Waals surface area contributed by atoms with Crippen LogP contribution in [0, 0.1) is 12.8 Å². The number of alkyl halides is 3. The molecule has 30 heavy (non-hydrogen) atoms. The quantitative estimate of drug-likeness (QED) is 0.645. The van der Waals surface area contributed by atoms with Gasteiger partial charge in [-0.05, 0) is 44.4 Å². The number of hydrogen-bond acceptors (Lipinski definition) is 6. The van der Waals surface area contributed by atoms with E-state index in [0.717, 1.165) is 32.5 Å². The van der Waals surface area contributed by atoms with Crippen LogP contribution in [0.2, 0.25) is 0 Å². The van der Waals surface area contributed by atoms with Crippen molar-refractivity contribution >= 4 is 23.2 Å². The van der Waals surface area contributed by atoms with E-state index in [-0.39, 0.29) is 18.1 Å². The summed E-state index contributed by atoms with van der Waals surface area (Å²) in [4.78, 5) is 26.3. The topological polar surface area (TPSA) is 88.1 Å². The molecule has 1 aromatic rings. The average Bonchev–Trinajstić information content (AvgIpc) is 3.27. The van der Waals surface area contributed by atoms with Gasteiger partial charge in [0.25, 0.3) is 0 Å². The average molecular weight is 452 g/mol. The minimum absolute atomic E-state index is 0.0110. The van der Waals surface area contributed by atoms with E-state index in [1.807, 2.05) is 11.3 Å². The number of carboxylic acids is 1. The minimum Gasteiger partial charge on any atom is -0.475 e. The third kappa shape index (κ3) is 7.53. The predicted octanol–water partition coefficient (Wildman–Crippen LogP) is 2.43. The van der Waals surface area contributed by atoms with Crippen LogP contribution in [0.3, 0.4) is 0 Å². The number of nitrogens with zero attached hydrogens (tertiary/aromatic N) is 1.